The van der Waals surface area contributed by atoms with Gasteiger partial charge in [0.15, 0.2) is 0 Å². The number of carbonyl (C=O) groups excluding carboxylic acids is 1. The van der Waals surface area contributed by atoms with E-state index in [0.29, 0.717) is 5.92 Å². The number of hydrogen-bond acceptors (Lipinski definition) is 2. The minimum atomic E-state index is 0.614. The minimum absolute atomic E-state index is 0.614. The van der Waals surface area contributed by atoms with Gasteiger partial charge in [0.2, 0.25) is 0 Å². The molecule has 3 rings (SSSR count). The molecule has 0 atom stereocenters. The van der Waals surface area contributed by atoms with Gasteiger partial charge in [0.05, 0.1) is 11.2 Å². The average molecular weight is 214 g/mol. The molecular formula is C13H14N2O. The van der Waals surface area contributed by atoms with Gasteiger partial charge in [-0.2, -0.15) is 0 Å². The fourth-order valence-corrected chi connectivity index (χ4v) is 2.31. The zero-order valence-electron chi connectivity index (χ0n) is 9.31. The lowest BCUT2D eigenvalue weighted by atomic mass is 9.85. The molecule has 0 saturated heterocycles. The Morgan fingerprint density at radius 2 is 2.31 bits per heavy atom. The number of aromatic nitrogens is 2. The SMILES string of the molecule is Cc1nc(C2CCC2)n2ccc(C=O)cc12. The monoisotopic (exact) mass is 214 g/mol. The maximum Gasteiger partial charge on any atom is 0.150 e. The van der Waals surface area contributed by atoms with Crippen LogP contribution >= 0.6 is 0 Å². The van der Waals surface area contributed by atoms with E-state index in [9.17, 15) is 4.79 Å². The zero-order valence-corrected chi connectivity index (χ0v) is 9.31. The summed E-state index contributed by atoms with van der Waals surface area (Å²) in [4.78, 5) is 15.4. The van der Waals surface area contributed by atoms with Crippen molar-refractivity contribution in [2.24, 2.45) is 0 Å². The van der Waals surface area contributed by atoms with Gasteiger partial charge in [0.1, 0.15) is 12.1 Å². The van der Waals surface area contributed by atoms with Gasteiger partial charge in [0, 0.05) is 17.7 Å². The van der Waals surface area contributed by atoms with Gasteiger partial charge in [0.25, 0.3) is 0 Å². The molecule has 3 nitrogen and oxygen atoms in total. The lowest BCUT2D eigenvalue weighted by Crippen LogP contribution is -2.12. The van der Waals surface area contributed by atoms with Crippen LogP contribution in [-0.4, -0.2) is 15.7 Å². The Morgan fingerprint density at radius 3 is 2.94 bits per heavy atom. The molecule has 0 amide bonds. The third-order valence-corrected chi connectivity index (χ3v) is 3.49. The van der Waals surface area contributed by atoms with Crippen LogP contribution in [-0.2, 0) is 0 Å². The second kappa shape index (κ2) is 3.44. The summed E-state index contributed by atoms with van der Waals surface area (Å²) in [5, 5.41) is 0. The summed E-state index contributed by atoms with van der Waals surface area (Å²) in [5.41, 5.74) is 2.80. The van der Waals surface area contributed by atoms with Crippen LogP contribution in [0.15, 0.2) is 18.3 Å². The third-order valence-electron chi connectivity index (χ3n) is 3.49. The Balaban J connectivity index is 2.20. The number of rotatable bonds is 2. The Morgan fingerprint density at radius 1 is 1.50 bits per heavy atom. The topological polar surface area (TPSA) is 34.4 Å². The van der Waals surface area contributed by atoms with Gasteiger partial charge in [-0.3, -0.25) is 4.79 Å². The smallest absolute Gasteiger partial charge is 0.150 e. The van der Waals surface area contributed by atoms with Crippen molar-refractivity contribution in [1.29, 1.82) is 0 Å². The molecule has 1 aliphatic carbocycles. The lowest BCUT2D eigenvalue weighted by Gasteiger charge is -2.23. The van der Waals surface area contributed by atoms with E-state index < -0.39 is 0 Å². The maximum atomic E-state index is 10.7. The van der Waals surface area contributed by atoms with E-state index in [-0.39, 0.29) is 0 Å². The highest BCUT2D eigenvalue weighted by molar-refractivity contribution is 5.77. The van der Waals surface area contributed by atoms with Crippen molar-refractivity contribution in [3.8, 4) is 0 Å². The Kier molecular flexibility index (Phi) is 2.06. The average Bonchev–Trinajstić information content (AvgIpc) is 2.54. The van der Waals surface area contributed by atoms with Crippen LogP contribution in [0.2, 0.25) is 0 Å². The van der Waals surface area contributed by atoms with Crippen molar-refractivity contribution < 1.29 is 4.79 Å². The predicted octanol–water partition coefficient (Wildman–Crippen LogP) is 2.72. The Bertz CT molecular complexity index is 552. The molecule has 2 aromatic rings. The molecule has 0 aliphatic heterocycles. The van der Waals surface area contributed by atoms with Crippen molar-refractivity contribution in [1.82, 2.24) is 9.38 Å². The molecule has 0 radical (unpaired) electrons. The Labute approximate surface area is 94.1 Å². The summed E-state index contributed by atoms with van der Waals surface area (Å²) in [6, 6.07) is 3.76. The molecule has 0 N–H and O–H groups in total. The van der Waals surface area contributed by atoms with Crippen LogP contribution in [0.1, 0.15) is 47.1 Å². The molecule has 3 heteroatoms. The van der Waals surface area contributed by atoms with Gasteiger partial charge >= 0.3 is 0 Å². The van der Waals surface area contributed by atoms with E-state index in [4.69, 9.17) is 0 Å². The van der Waals surface area contributed by atoms with Crippen LogP contribution in [0.4, 0.5) is 0 Å². The van der Waals surface area contributed by atoms with Crippen molar-refractivity contribution in [3.63, 3.8) is 0 Å². The van der Waals surface area contributed by atoms with E-state index in [1.807, 2.05) is 25.3 Å². The molecule has 0 spiro atoms. The van der Waals surface area contributed by atoms with Crippen molar-refractivity contribution in [3.05, 3.63) is 35.4 Å². The largest absolute Gasteiger partial charge is 0.303 e. The summed E-state index contributed by atoms with van der Waals surface area (Å²) in [7, 11) is 0. The van der Waals surface area contributed by atoms with Gasteiger partial charge in [-0.15, -0.1) is 0 Å². The predicted molar refractivity (Wildman–Crippen MR) is 61.9 cm³/mol. The zero-order chi connectivity index (χ0) is 11.1. The van der Waals surface area contributed by atoms with E-state index >= 15 is 0 Å². The highest BCUT2D eigenvalue weighted by atomic mass is 16.1. The summed E-state index contributed by atoms with van der Waals surface area (Å²) < 4.78 is 2.13. The van der Waals surface area contributed by atoms with Crippen molar-refractivity contribution in [2.75, 3.05) is 0 Å². The normalized spacial score (nSPS) is 16.3. The number of hydrogen-bond donors (Lipinski definition) is 0. The standard InChI is InChI=1S/C13H14N2O/c1-9-12-7-10(8-16)5-6-15(12)13(14-9)11-3-2-4-11/h5-8,11H,2-4H2,1H3. The molecule has 16 heavy (non-hydrogen) atoms. The number of pyridine rings is 1. The number of nitrogens with zero attached hydrogens (tertiary/aromatic N) is 2. The lowest BCUT2D eigenvalue weighted by molar-refractivity contribution is 0.112. The number of aryl methyl sites for hydroxylation is 1. The second-order valence-corrected chi connectivity index (χ2v) is 4.52. The number of fused-ring (bicyclic) bond motifs is 1. The molecule has 2 heterocycles. The van der Waals surface area contributed by atoms with E-state index in [1.54, 1.807) is 0 Å². The highest BCUT2D eigenvalue weighted by Crippen LogP contribution is 2.36. The first-order valence-corrected chi connectivity index (χ1v) is 5.73. The number of carbonyl (C=O) groups is 1. The van der Waals surface area contributed by atoms with Gasteiger partial charge in [-0.1, -0.05) is 6.42 Å². The molecule has 1 saturated carbocycles. The fraction of sp³-hybridized carbons (Fsp3) is 0.385. The van der Waals surface area contributed by atoms with Crippen LogP contribution in [0.25, 0.3) is 5.52 Å². The van der Waals surface area contributed by atoms with Crippen molar-refractivity contribution in [2.45, 2.75) is 32.1 Å². The van der Waals surface area contributed by atoms with Crippen molar-refractivity contribution >= 4 is 11.8 Å². The van der Waals surface area contributed by atoms with E-state index in [1.165, 1.54) is 19.3 Å². The first-order chi connectivity index (χ1) is 7.79. The molecule has 1 fully saturated rings. The van der Waals surface area contributed by atoms with Crippen LogP contribution in [0.3, 0.4) is 0 Å². The summed E-state index contributed by atoms with van der Waals surface area (Å²) in [6.07, 6.45) is 6.65. The molecule has 1 aliphatic rings. The first-order valence-electron chi connectivity index (χ1n) is 5.73. The minimum Gasteiger partial charge on any atom is -0.303 e. The molecule has 0 aromatic carbocycles. The number of imidazole rings is 1. The molecule has 82 valence electrons. The van der Waals surface area contributed by atoms with Gasteiger partial charge < -0.3 is 4.40 Å². The molecular weight excluding hydrogens is 200 g/mol. The van der Waals surface area contributed by atoms with Gasteiger partial charge in [-0.25, -0.2) is 4.98 Å². The fourth-order valence-electron chi connectivity index (χ4n) is 2.31. The maximum absolute atomic E-state index is 10.7. The molecule has 0 bridgehead atoms. The summed E-state index contributed by atoms with van der Waals surface area (Å²) in [5.74, 6) is 1.78. The highest BCUT2D eigenvalue weighted by Gasteiger charge is 2.24. The number of aldehydes is 1. The van der Waals surface area contributed by atoms with Crippen LogP contribution in [0.5, 0.6) is 0 Å². The second-order valence-electron chi connectivity index (χ2n) is 4.52. The third kappa shape index (κ3) is 1.28. The van der Waals surface area contributed by atoms with Gasteiger partial charge in [-0.05, 0) is 31.9 Å². The Hall–Kier alpha value is -1.64. The van der Waals surface area contributed by atoms with Crippen LogP contribution in [0, 0.1) is 6.92 Å². The summed E-state index contributed by atoms with van der Waals surface area (Å²) in [6.45, 7) is 2.01. The molecule has 2 aromatic heterocycles. The first kappa shape index (κ1) is 9.58. The quantitative estimate of drug-likeness (QED) is 0.720. The van der Waals surface area contributed by atoms with E-state index in [2.05, 4.69) is 9.38 Å². The van der Waals surface area contributed by atoms with Crippen LogP contribution < -0.4 is 0 Å². The molecule has 0 unspecified atom stereocenters. The summed E-state index contributed by atoms with van der Waals surface area (Å²) >= 11 is 0. The van der Waals surface area contributed by atoms with E-state index in [0.717, 1.165) is 28.9 Å².